The number of guanidine groups is 1. The summed E-state index contributed by atoms with van der Waals surface area (Å²) >= 11 is 1.82. The van der Waals surface area contributed by atoms with Gasteiger partial charge in [-0.2, -0.15) is 11.8 Å². The Morgan fingerprint density at radius 2 is 2.08 bits per heavy atom. The van der Waals surface area contributed by atoms with E-state index < -0.39 is 5.60 Å². The topological polar surface area (TPSA) is 56.7 Å². The average Bonchev–Trinajstić information content (AvgIpc) is 2.58. The fraction of sp³-hybridized carbons (Fsp3) is 0.611. The van der Waals surface area contributed by atoms with Crippen LogP contribution in [-0.4, -0.2) is 47.3 Å². The molecule has 2 rings (SSSR count). The summed E-state index contributed by atoms with van der Waals surface area (Å²) in [5.41, 5.74) is 0.414. The van der Waals surface area contributed by atoms with Gasteiger partial charge in [0.05, 0.1) is 12.1 Å². The fourth-order valence-electron chi connectivity index (χ4n) is 2.75. The number of rotatable bonds is 8. The van der Waals surface area contributed by atoms with Crippen molar-refractivity contribution in [1.29, 1.82) is 0 Å². The number of hydrogen-bond donors (Lipinski definition) is 3. The Balaban J connectivity index is 1.83. The van der Waals surface area contributed by atoms with Crippen LogP contribution in [0.2, 0.25) is 0 Å². The van der Waals surface area contributed by atoms with Gasteiger partial charge in [-0.1, -0.05) is 19.1 Å². The average molecular weight is 354 g/mol. The molecule has 0 spiro atoms. The molecular weight excluding hydrogens is 325 g/mol. The number of nitrogens with zero attached hydrogens (tertiary/aromatic N) is 1. The molecule has 1 aromatic rings. The molecule has 4 nitrogen and oxygen atoms in total. The van der Waals surface area contributed by atoms with Gasteiger partial charge in [-0.25, -0.2) is 4.39 Å². The van der Waals surface area contributed by atoms with Crippen molar-refractivity contribution < 1.29 is 9.50 Å². The Kier molecular flexibility index (Phi) is 7.37. The third kappa shape index (κ3) is 5.38. The molecule has 1 aromatic carbocycles. The van der Waals surface area contributed by atoms with Crippen LogP contribution < -0.4 is 10.6 Å². The number of halogens is 1. The number of hydrogen-bond acceptors (Lipinski definition) is 3. The Labute approximate surface area is 148 Å². The second kappa shape index (κ2) is 9.28. The van der Waals surface area contributed by atoms with Gasteiger partial charge in [0.25, 0.3) is 0 Å². The predicted molar refractivity (Wildman–Crippen MR) is 100 cm³/mol. The first-order chi connectivity index (χ1) is 11.6. The first-order valence-electron chi connectivity index (χ1n) is 8.68. The first-order valence-corrected chi connectivity index (χ1v) is 9.73. The van der Waals surface area contributed by atoms with Gasteiger partial charge in [0.1, 0.15) is 5.82 Å². The molecule has 0 saturated heterocycles. The maximum atomic E-state index is 12.9. The Bertz CT molecular complexity index is 538. The van der Waals surface area contributed by atoms with Crippen molar-refractivity contribution in [2.45, 2.75) is 44.0 Å². The van der Waals surface area contributed by atoms with Crippen molar-refractivity contribution in [3.63, 3.8) is 0 Å². The van der Waals surface area contributed by atoms with Gasteiger partial charge < -0.3 is 15.7 Å². The second-order valence-electron chi connectivity index (χ2n) is 6.08. The van der Waals surface area contributed by atoms with Crippen molar-refractivity contribution >= 4 is 17.7 Å². The van der Waals surface area contributed by atoms with Crippen LogP contribution in [0.25, 0.3) is 0 Å². The molecule has 0 bridgehead atoms. The van der Waals surface area contributed by atoms with Gasteiger partial charge in [0.15, 0.2) is 5.96 Å². The third-order valence-corrected chi connectivity index (χ3v) is 5.69. The van der Waals surface area contributed by atoms with E-state index in [0.29, 0.717) is 18.3 Å². The quantitative estimate of drug-likeness (QED) is 0.497. The Morgan fingerprint density at radius 3 is 2.67 bits per heavy atom. The molecule has 1 saturated carbocycles. The summed E-state index contributed by atoms with van der Waals surface area (Å²) in [6, 6.07) is 6.55. The molecule has 1 aliphatic carbocycles. The first kappa shape index (κ1) is 19.1. The molecule has 24 heavy (non-hydrogen) atoms. The Hall–Kier alpha value is -1.27. The summed E-state index contributed by atoms with van der Waals surface area (Å²) in [5.74, 6) is 1.53. The maximum absolute atomic E-state index is 12.9. The van der Waals surface area contributed by atoms with Crippen LogP contribution in [0, 0.1) is 5.82 Å². The van der Waals surface area contributed by atoms with Crippen molar-refractivity contribution in [1.82, 2.24) is 10.6 Å². The highest BCUT2D eigenvalue weighted by Crippen LogP contribution is 2.41. The zero-order valence-electron chi connectivity index (χ0n) is 14.5. The molecule has 0 aromatic heterocycles. The summed E-state index contributed by atoms with van der Waals surface area (Å²) < 4.78 is 12.9. The highest BCUT2D eigenvalue weighted by Gasteiger charge is 2.45. The van der Waals surface area contributed by atoms with Crippen LogP contribution in [-0.2, 0) is 6.42 Å². The molecule has 2 unspecified atom stereocenters. The van der Waals surface area contributed by atoms with Gasteiger partial charge >= 0.3 is 0 Å². The lowest BCUT2D eigenvalue weighted by Crippen LogP contribution is -2.53. The summed E-state index contributed by atoms with van der Waals surface area (Å²) in [5, 5.41) is 17.4. The molecule has 1 aliphatic rings. The van der Waals surface area contributed by atoms with Crippen LogP contribution in [0.1, 0.15) is 32.3 Å². The van der Waals surface area contributed by atoms with E-state index in [9.17, 15) is 9.50 Å². The molecule has 1 fully saturated rings. The SMILES string of the molecule is CCNC(=NCC1(O)CCC1SCC)NCCc1ccc(F)cc1. The van der Waals surface area contributed by atoms with Crippen LogP contribution in [0.5, 0.6) is 0 Å². The van der Waals surface area contributed by atoms with E-state index in [0.717, 1.165) is 43.1 Å². The van der Waals surface area contributed by atoms with E-state index in [-0.39, 0.29) is 5.82 Å². The van der Waals surface area contributed by atoms with Gasteiger partial charge in [-0.3, -0.25) is 4.99 Å². The number of benzene rings is 1. The van der Waals surface area contributed by atoms with E-state index >= 15 is 0 Å². The lowest BCUT2D eigenvalue weighted by atomic mass is 9.79. The maximum Gasteiger partial charge on any atom is 0.191 e. The van der Waals surface area contributed by atoms with E-state index in [1.165, 1.54) is 12.1 Å². The van der Waals surface area contributed by atoms with Crippen LogP contribution in [0.4, 0.5) is 4.39 Å². The minimum atomic E-state index is -0.667. The van der Waals surface area contributed by atoms with Crippen LogP contribution in [0.3, 0.4) is 0 Å². The minimum Gasteiger partial charge on any atom is -0.387 e. The molecule has 0 heterocycles. The molecule has 0 aliphatic heterocycles. The number of aliphatic imine (C=N–C) groups is 1. The number of thioether (sulfide) groups is 1. The summed E-state index contributed by atoms with van der Waals surface area (Å²) in [4.78, 5) is 4.56. The van der Waals surface area contributed by atoms with Crippen molar-refractivity contribution in [2.24, 2.45) is 4.99 Å². The molecule has 134 valence electrons. The number of aliphatic hydroxyl groups is 1. The molecule has 3 N–H and O–H groups in total. The molecular formula is C18H28FN3OS. The lowest BCUT2D eigenvalue weighted by Gasteiger charge is -2.44. The van der Waals surface area contributed by atoms with Crippen molar-refractivity contribution in [3.05, 3.63) is 35.6 Å². The highest BCUT2D eigenvalue weighted by atomic mass is 32.2. The zero-order valence-corrected chi connectivity index (χ0v) is 15.3. The summed E-state index contributed by atoms with van der Waals surface area (Å²) in [6.07, 6.45) is 2.69. The largest absolute Gasteiger partial charge is 0.387 e. The van der Waals surface area contributed by atoms with E-state index in [1.54, 1.807) is 12.1 Å². The number of nitrogens with one attached hydrogen (secondary N) is 2. The van der Waals surface area contributed by atoms with E-state index in [4.69, 9.17) is 0 Å². The fourth-order valence-corrected chi connectivity index (χ4v) is 3.94. The predicted octanol–water partition coefficient (Wildman–Crippen LogP) is 2.57. The molecule has 2 atom stereocenters. The highest BCUT2D eigenvalue weighted by molar-refractivity contribution is 8.00. The van der Waals surface area contributed by atoms with Gasteiger partial charge in [0, 0.05) is 18.3 Å². The van der Waals surface area contributed by atoms with Crippen LogP contribution >= 0.6 is 11.8 Å². The van der Waals surface area contributed by atoms with Crippen molar-refractivity contribution in [2.75, 3.05) is 25.4 Å². The van der Waals surface area contributed by atoms with E-state index in [2.05, 4.69) is 22.5 Å². The van der Waals surface area contributed by atoms with E-state index in [1.807, 2.05) is 18.7 Å². The van der Waals surface area contributed by atoms with Crippen LogP contribution in [0.15, 0.2) is 29.3 Å². The normalized spacial score (nSPS) is 23.7. The smallest absolute Gasteiger partial charge is 0.191 e. The third-order valence-electron chi connectivity index (χ3n) is 4.28. The summed E-state index contributed by atoms with van der Waals surface area (Å²) in [6.45, 7) is 6.05. The standard InChI is InChI=1S/C18H28FN3OS/c1-3-20-17(21-12-10-14-5-7-15(19)8-6-14)22-13-18(23)11-9-16(18)24-4-2/h5-8,16,23H,3-4,9-13H2,1-2H3,(H2,20,21,22). The van der Waals surface area contributed by atoms with Crippen molar-refractivity contribution in [3.8, 4) is 0 Å². The Morgan fingerprint density at radius 1 is 1.33 bits per heavy atom. The monoisotopic (exact) mass is 353 g/mol. The minimum absolute atomic E-state index is 0.213. The molecule has 6 heteroatoms. The van der Waals surface area contributed by atoms with Gasteiger partial charge in [-0.15, -0.1) is 0 Å². The molecule has 0 radical (unpaired) electrons. The summed E-state index contributed by atoms with van der Waals surface area (Å²) in [7, 11) is 0. The zero-order chi connectivity index (χ0) is 17.4. The van der Waals surface area contributed by atoms with Gasteiger partial charge in [-0.05, 0) is 49.6 Å². The van der Waals surface area contributed by atoms with Gasteiger partial charge in [0.2, 0.25) is 0 Å². The lowest BCUT2D eigenvalue weighted by molar-refractivity contribution is -0.0154. The molecule has 0 amide bonds. The second-order valence-corrected chi connectivity index (χ2v) is 7.56.